The molecule has 3 aliphatic heterocycles. The Morgan fingerprint density at radius 3 is 1.13 bits per heavy atom. The van der Waals surface area contributed by atoms with Crippen LogP contribution in [0.5, 0.6) is 0 Å². The predicted octanol–water partition coefficient (Wildman–Crippen LogP) is 11.3. The molecule has 19 heteroatoms. The number of hydrogen-bond acceptors (Lipinski definition) is 18. The first-order valence-corrected chi connectivity index (χ1v) is 37.7. The molecule has 0 saturated carbocycles. The molecular weight excluding hydrogens is 1210 g/mol. The number of unbranched alkanes of at least 4 members (excludes halogenated alkanes) is 32. The lowest BCUT2D eigenvalue weighted by atomic mass is 9.96. The Kier molecular flexibility index (Phi) is 51.8. The van der Waals surface area contributed by atoms with Crippen molar-refractivity contribution in [3.05, 3.63) is 72.9 Å². The van der Waals surface area contributed by atoms with E-state index in [1.807, 2.05) is 6.08 Å². The molecule has 3 saturated heterocycles. The van der Waals surface area contributed by atoms with Crippen molar-refractivity contribution < 1.29 is 89.4 Å². The van der Waals surface area contributed by atoms with Gasteiger partial charge in [0.2, 0.25) is 5.91 Å². The lowest BCUT2D eigenvalue weighted by Gasteiger charge is -2.48. The second-order valence-corrected chi connectivity index (χ2v) is 26.7. The number of aliphatic hydroxyl groups is 11. The zero-order valence-electron chi connectivity index (χ0n) is 58.6. The van der Waals surface area contributed by atoms with Crippen molar-refractivity contribution in [1.29, 1.82) is 0 Å². The van der Waals surface area contributed by atoms with Crippen LogP contribution in [0.2, 0.25) is 0 Å². The number of amides is 1. The molecule has 0 aliphatic carbocycles. The number of hydrogen-bond donors (Lipinski definition) is 12. The van der Waals surface area contributed by atoms with E-state index in [2.05, 4.69) is 79.9 Å². The highest BCUT2D eigenvalue weighted by Gasteiger charge is 2.53. The van der Waals surface area contributed by atoms with Crippen molar-refractivity contribution in [2.75, 3.05) is 26.4 Å². The van der Waals surface area contributed by atoms with Gasteiger partial charge in [-0.05, 0) is 83.5 Å². The van der Waals surface area contributed by atoms with Crippen LogP contribution in [0.1, 0.15) is 271 Å². The maximum Gasteiger partial charge on any atom is 0.220 e. The summed E-state index contributed by atoms with van der Waals surface area (Å²) in [5.41, 5.74) is 0. The van der Waals surface area contributed by atoms with Crippen molar-refractivity contribution in [3.63, 3.8) is 0 Å². The Morgan fingerprint density at radius 1 is 0.379 bits per heavy atom. The molecule has 17 atom stereocenters. The van der Waals surface area contributed by atoms with Crippen LogP contribution in [0.15, 0.2) is 72.9 Å². The van der Waals surface area contributed by atoms with Gasteiger partial charge in [0.1, 0.15) is 73.2 Å². The Morgan fingerprint density at radius 2 is 0.705 bits per heavy atom. The van der Waals surface area contributed by atoms with Gasteiger partial charge in [0.15, 0.2) is 18.9 Å². The molecule has 552 valence electrons. The summed E-state index contributed by atoms with van der Waals surface area (Å²) in [4.78, 5) is 13.4. The summed E-state index contributed by atoms with van der Waals surface area (Å²) in [6, 6.07) is -1.00. The first-order chi connectivity index (χ1) is 46.3. The van der Waals surface area contributed by atoms with Crippen molar-refractivity contribution in [3.8, 4) is 0 Å². The molecule has 0 aromatic carbocycles. The third-order valence-corrected chi connectivity index (χ3v) is 18.5. The van der Waals surface area contributed by atoms with Gasteiger partial charge in [-0.15, -0.1) is 0 Å². The van der Waals surface area contributed by atoms with Gasteiger partial charge in [0.25, 0.3) is 0 Å². The molecule has 0 aromatic rings. The summed E-state index contributed by atoms with van der Waals surface area (Å²) in [7, 11) is 0. The predicted molar refractivity (Wildman–Crippen MR) is 374 cm³/mol. The monoisotopic (exact) mass is 1350 g/mol. The van der Waals surface area contributed by atoms with Gasteiger partial charge in [-0.3, -0.25) is 4.79 Å². The first-order valence-electron chi connectivity index (χ1n) is 37.7. The highest BCUT2D eigenvalue weighted by Crippen LogP contribution is 2.33. The van der Waals surface area contributed by atoms with Gasteiger partial charge in [0.05, 0.1) is 38.6 Å². The maximum absolute atomic E-state index is 13.4. The van der Waals surface area contributed by atoms with Gasteiger partial charge < -0.3 is 89.9 Å². The average molecular weight is 1350 g/mol. The third-order valence-electron chi connectivity index (χ3n) is 18.5. The lowest BCUT2D eigenvalue weighted by molar-refractivity contribution is -0.379. The molecule has 3 heterocycles. The highest BCUT2D eigenvalue weighted by atomic mass is 16.8. The van der Waals surface area contributed by atoms with Crippen LogP contribution < -0.4 is 5.32 Å². The highest BCUT2D eigenvalue weighted by molar-refractivity contribution is 5.76. The van der Waals surface area contributed by atoms with Crippen molar-refractivity contribution >= 4 is 5.91 Å². The van der Waals surface area contributed by atoms with E-state index in [4.69, 9.17) is 28.4 Å². The molecule has 12 N–H and O–H groups in total. The summed E-state index contributed by atoms with van der Waals surface area (Å²) in [6.07, 6.45) is 45.9. The molecule has 3 rings (SSSR count). The topological polar surface area (TPSA) is 307 Å². The minimum atomic E-state index is -1.99. The van der Waals surface area contributed by atoms with Crippen LogP contribution in [0.25, 0.3) is 0 Å². The number of aliphatic hydroxyl groups excluding tert-OH is 11. The number of allylic oxidation sites excluding steroid dienone is 11. The standard InChI is InChI=1S/C76H135NO18/c1-3-5-7-9-11-13-15-17-19-21-23-25-26-27-28-29-30-31-32-34-36-38-40-42-44-46-48-50-52-54-64(82)77-59(60(81)53-51-49-47-45-43-41-39-37-35-33-24-22-20-18-16-14-12-10-8-6-4-2)58-90-74-70(88)67(85)72(62(56-79)92-74)95-76-71(89)68(86)73(63(57-80)93-76)94-75-69(87)66(84)65(83)61(55-78)91-75/h15,17,21,23,26-27,35,37,43,45,51,53,59-63,65-76,78-81,83-89H,3-14,16,18-20,22,24-25,28-34,36,38-42,44,46-50,52,54-58H2,1-2H3,(H,77,82)/b17-15-,23-21-,27-26-,37-35+,45-43+,53-51+. The molecule has 17 unspecified atom stereocenters. The number of carbonyl (C=O) groups is 1. The molecule has 0 spiro atoms. The maximum atomic E-state index is 13.4. The van der Waals surface area contributed by atoms with Crippen molar-refractivity contribution in [2.24, 2.45) is 0 Å². The summed E-state index contributed by atoms with van der Waals surface area (Å²) in [5, 5.41) is 121. The first kappa shape index (κ1) is 86.5. The average Bonchev–Trinajstić information content (AvgIpc) is 0.786. The smallest absolute Gasteiger partial charge is 0.220 e. The van der Waals surface area contributed by atoms with Gasteiger partial charge in [-0.1, -0.05) is 254 Å². The second-order valence-electron chi connectivity index (χ2n) is 26.7. The van der Waals surface area contributed by atoms with Crippen LogP contribution in [0.3, 0.4) is 0 Å². The molecule has 0 bridgehead atoms. The summed E-state index contributed by atoms with van der Waals surface area (Å²) in [6.45, 7) is 1.71. The van der Waals surface area contributed by atoms with Crippen LogP contribution in [-0.4, -0.2) is 193 Å². The van der Waals surface area contributed by atoms with Gasteiger partial charge >= 0.3 is 0 Å². The van der Waals surface area contributed by atoms with Gasteiger partial charge in [-0.2, -0.15) is 0 Å². The Labute approximate surface area is 572 Å². The number of rotatable bonds is 58. The van der Waals surface area contributed by atoms with E-state index in [0.29, 0.717) is 12.8 Å². The fourth-order valence-electron chi connectivity index (χ4n) is 12.3. The van der Waals surface area contributed by atoms with Gasteiger partial charge in [-0.25, -0.2) is 0 Å². The summed E-state index contributed by atoms with van der Waals surface area (Å²) < 4.78 is 34.4. The second kappa shape index (κ2) is 56.9. The van der Waals surface area contributed by atoms with E-state index in [9.17, 15) is 61.0 Å². The number of ether oxygens (including phenoxy) is 6. The molecule has 0 radical (unpaired) electrons. The third kappa shape index (κ3) is 38.0. The molecular formula is C76H135NO18. The quantitative estimate of drug-likeness (QED) is 0.0199. The summed E-state index contributed by atoms with van der Waals surface area (Å²) in [5.74, 6) is -0.290. The van der Waals surface area contributed by atoms with E-state index in [0.717, 1.165) is 57.8 Å². The zero-order chi connectivity index (χ0) is 68.9. The molecule has 1 amide bonds. The van der Waals surface area contributed by atoms with Crippen LogP contribution in [-0.2, 0) is 33.2 Å². The van der Waals surface area contributed by atoms with E-state index in [1.165, 1.54) is 180 Å². The molecule has 3 fully saturated rings. The fraction of sp³-hybridized carbons (Fsp3) is 0.829. The van der Waals surface area contributed by atoms with Crippen LogP contribution in [0, 0.1) is 0 Å². The molecule has 3 aliphatic rings. The number of nitrogens with one attached hydrogen (secondary N) is 1. The van der Waals surface area contributed by atoms with Crippen molar-refractivity contribution in [2.45, 2.75) is 375 Å². The SMILES string of the molecule is CCCCCCC/C=C\C/C=C\C/C=C\CCCCCCCCCCCCCCCCC(=O)NC(COC1OC(CO)C(OC2OC(CO)C(OC3OC(CO)C(O)C(O)C3O)C(O)C2O)C(O)C1O)C(O)/C=C/CC/C=C/CC/C=C/CCCCCCCCCCCCC. The molecule has 95 heavy (non-hydrogen) atoms. The van der Waals surface area contributed by atoms with E-state index >= 15 is 0 Å². The summed E-state index contributed by atoms with van der Waals surface area (Å²) >= 11 is 0. The van der Waals surface area contributed by atoms with Crippen LogP contribution >= 0.6 is 0 Å². The zero-order valence-corrected chi connectivity index (χ0v) is 58.6. The molecule has 0 aromatic heterocycles. The lowest BCUT2D eigenvalue weighted by Crippen LogP contribution is -2.66. The van der Waals surface area contributed by atoms with Gasteiger partial charge in [0, 0.05) is 6.42 Å². The largest absolute Gasteiger partial charge is 0.394 e. The Balaban J connectivity index is 1.41. The molecule has 19 nitrogen and oxygen atoms in total. The van der Waals surface area contributed by atoms with Crippen LogP contribution in [0.4, 0.5) is 0 Å². The van der Waals surface area contributed by atoms with E-state index < -0.39 is 124 Å². The Bertz CT molecular complexity index is 2000. The Hall–Kier alpha value is -2.77. The number of carbonyl (C=O) groups excluding carboxylic acids is 1. The normalized spacial score (nSPS) is 27.6. The fourth-order valence-corrected chi connectivity index (χ4v) is 12.3. The van der Waals surface area contributed by atoms with E-state index in [-0.39, 0.29) is 18.9 Å². The van der Waals surface area contributed by atoms with Crippen molar-refractivity contribution in [1.82, 2.24) is 5.32 Å². The van der Waals surface area contributed by atoms with E-state index in [1.54, 1.807) is 6.08 Å². The minimum absolute atomic E-state index is 0.229. The minimum Gasteiger partial charge on any atom is -0.394 e.